The number of nitrogens with zero attached hydrogens (tertiary/aromatic N) is 4. The molecule has 1 N–H and O–H groups in total. The SMILES string of the molecule is COc1cccc2c(C)cc(-n3ncc(C#N)c3NC(=O)C(C)Cl)nc12. The van der Waals surface area contributed by atoms with Crippen molar-refractivity contribution < 1.29 is 9.53 Å². The summed E-state index contributed by atoms with van der Waals surface area (Å²) < 4.78 is 6.81. The van der Waals surface area contributed by atoms with Gasteiger partial charge in [-0.1, -0.05) is 12.1 Å². The topological polar surface area (TPSA) is 92.8 Å². The van der Waals surface area contributed by atoms with Gasteiger partial charge < -0.3 is 10.1 Å². The summed E-state index contributed by atoms with van der Waals surface area (Å²) in [6, 6.07) is 9.50. The largest absolute Gasteiger partial charge is 0.494 e. The Bertz CT molecular complexity index is 1040. The highest BCUT2D eigenvalue weighted by Crippen LogP contribution is 2.29. The van der Waals surface area contributed by atoms with Gasteiger partial charge in [-0.3, -0.25) is 4.79 Å². The van der Waals surface area contributed by atoms with Gasteiger partial charge in [0.15, 0.2) is 11.6 Å². The van der Waals surface area contributed by atoms with Crippen molar-refractivity contribution in [2.75, 3.05) is 12.4 Å². The zero-order valence-corrected chi connectivity index (χ0v) is 15.2. The van der Waals surface area contributed by atoms with E-state index in [9.17, 15) is 10.1 Å². The summed E-state index contributed by atoms with van der Waals surface area (Å²) in [7, 11) is 1.58. The molecule has 1 aromatic carbocycles. The highest BCUT2D eigenvalue weighted by molar-refractivity contribution is 6.32. The van der Waals surface area contributed by atoms with Crippen molar-refractivity contribution in [2.24, 2.45) is 0 Å². The van der Waals surface area contributed by atoms with Crippen molar-refractivity contribution in [3.05, 3.63) is 41.6 Å². The van der Waals surface area contributed by atoms with E-state index >= 15 is 0 Å². The van der Waals surface area contributed by atoms with Gasteiger partial charge in [-0.25, -0.2) is 4.98 Å². The lowest BCUT2D eigenvalue weighted by Crippen LogP contribution is -2.23. The molecule has 1 amide bonds. The Morgan fingerprint density at radius 1 is 1.46 bits per heavy atom. The number of nitrogens with one attached hydrogen (secondary N) is 1. The first kappa shape index (κ1) is 17.7. The summed E-state index contributed by atoms with van der Waals surface area (Å²) in [6.07, 6.45) is 1.37. The van der Waals surface area contributed by atoms with Crippen LogP contribution < -0.4 is 10.1 Å². The molecule has 132 valence electrons. The van der Waals surface area contributed by atoms with E-state index in [1.54, 1.807) is 14.0 Å². The smallest absolute Gasteiger partial charge is 0.243 e. The minimum Gasteiger partial charge on any atom is -0.494 e. The number of ether oxygens (including phenoxy) is 1. The van der Waals surface area contributed by atoms with Crippen LogP contribution in [0.1, 0.15) is 18.1 Å². The number of hydrogen-bond donors (Lipinski definition) is 1. The van der Waals surface area contributed by atoms with Gasteiger partial charge in [0.25, 0.3) is 0 Å². The quantitative estimate of drug-likeness (QED) is 0.713. The van der Waals surface area contributed by atoms with Crippen LogP contribution in [-0.2, 0) is 4.79 Å². The Morgan fingerprint density at radius 3 is 2.88 bits per heavy atom. The summed E-state index contributed by atoms with van der Waals surface area (Å²) in [5.74, 6) is 0.879. The first-order valence-corrected chi connectivity index (χ1v) is 8.27. The summed E-state index contributed by atoms with van der Waals surface area (Å²) in [6.45, 7) is 3.49. The van der Waals surface area contributed by atoms with Crippen LogP contribution in [0, 0.1) is 18.3 Å². The number of amides is 1. The van der Waals surface area contributed by atoms with E-state index < -0.39 is 11.3 Å². The third-order valence-electron chi connectivity index (χ3n) is 3.93. The molecule has 26 heavy (non-hydrogen) atoms. The number of aryl methyl sites for hydroxylation is 1. The molecule has 0 aliphatic carbocycles. The number of hydrogen-bond acceptors (Lipinski definition) is 5. The summed E-state index contributed by atoms with van der Waals surface area (Å²) in [5, 5.41) is 16.3. The Balaban J connectivity index is 2.20. The summed E-state index contributed by atoms with van der Waals surface area (Å²) >= 11 is 5.83. The second kappa shape index (κ2) is 7.02. The molecule has 7 nitrogen and oxygen atoms in total. The van der Waals surface area contributed by atoms with Crippen molar-refractivity contribution in [1.82, 2.24) is 14.8 Å². The van der Waals surface area contributed by atoms with Crippen LogP contribution in [0.15, 0.2) is 30.5 Å². The van der Waals surface area contributed by atoms with Gasteiger partial charge in [0.05, 0.1) is 13.3 Å². The number of carbonyl (C=O) groups is 1. The Hall–Kier alpha value is -3.11. The summed E-state index contributed by atoms with van der Waals surface area (Å²) in [5.41, 5.74) is 1.85. The molecule has 1 atom stereocenters. The van der Waals surface area contributed by atoms with Crippen LogP contribution in [0.3, 0.4) is 0 Å². The van der Waals surface area contributed by atoms with Crippen LogP contribution in [0.4, 0.5) is 5.82 Å². The fourth-order valence-electron chi connectivity index (χ4n) is 2.59. The Kier molecular flexibility index (Phi) is 4.78. The molecule has 0 aliphatic rings. The second-order valence-electron chi connectivity index (χ2n) is 5.69. The molecule has 0 fully saturated rings. The Labute approximate surface area is 155 Å². The molecule has 0 radical (unpaired) electrons. The molecule has 0 bridgehead atoms. The van der Waals surface area contributed by atoms with E-state index in [0.29, 0.717) is 17.1 Å². The number of aromatic nitrogens is 3. The van der Waals surface area contributed by atoms with E-state index in [0.717, 1.165) is 10.9 Å². The van der Waals surface area contributed by atoms with E-state index in [1.165, 1.54) is 10.9 Å². The zero-order valence-electron chi connectivity index (χ0n) is 14.4. The first-order chi connectivity index (χ1) is 12.5. The van der Waals surface area contributed by atoms with E-state index in [2.05, 4.69) is 15.4 Å². The molecule has 1 unspecified atom stereocenters. The lowest BCUT2D eigenvalue weighted by molar-refractivity contribution is -0.115. The molecule has 2 aromatic heterocycles. The monoisotopic (exact) mass is 369 g/mol. The Morgan fingerprint density at radius 2 is 2.23 bits per heavy atom. The molecule has 0 saturated carbocycles. The van der Waals surface area contributed by atoms with Crippen LogP contribution in [-0.4, -0.2) is 33.2 Å². The first-order valence-electron chi connectivity index (χ1n) is 7.84. The number of alkyl halides is 1. The number of fused-ring (bicyclic) bond motifs is 1. The van der Waals surface area contributed by atoms with Crippen LogP contribution in [0.2, 0.25) is 0 Å². The highest BCUT2D eigenvalue weighted by atomic mass is 35.5. The van der Waals surface area contributed by atoms with Crippen molar-refractivity contribution in [1.29, 1.82) is 5.26 Å². The number of benzene rings is 1. The lowest BCUT2D eigenvalue weighted by Gasteiger charge is -2.13. The fourth-order valence-corrected chi connectivity index (χ4v) is 2.64. The number of methoxy groups -OCH3 is 1. The average Bonchev–Trinajstić information content (AvgIpc) is 3.03. The standard InChI is InChI=1S/C18H16ClN5O2/c1-10-7-15(22-16-13(10)5-4-6-14(16)26-3)24-17(12(8-20)9-21-24)23-18(25)11(2)19/h4-7,9,11H,1-3H3,(H,23,25). The number of carbonyl (C=O) groups excluding carboxylic acids is 1. The van der Waals surface area contributed by atoms with E-state index in [4.69, 9.17) is 16.3 Å². The zero-order chi connectivity index (χ0) is 18.8. The predicted molar refractivity (Wildman–Crippen MR) is 98.8 cm³/mol. The highest BCUT2D eigenvalue weighted by Gasteiger charge is 2.19. The van der Waals surface area contributed by atoms with Gasteiger partial charge in [-0.05, 0) is 31.5 Å². The van der Waals surface area contributed by atoms with Gasteiger partial charge in [-0.15, -0.1) is 11.6 Å². The number of para-hydroxylation sites is 1. The molecule has 2 heterocycles. The lowest BCUT2D eigenvalue weighted by atomic mass is 10.1. The molecular weight excluding hydrogens is 354 g/mol. The molecular formula is C18H16ClN5O2. The van der Waals surface area contributed by atoms with Crippen molar-refractivity contribution >= 4 is 34.2 Å². The molecule has 8 heteroatoms. The third kappa shape index (κ3) is 3.07. The normalized spacial score (nSPS) is 11.8. The molecule has 0 aliphatic heterocycles. The number of anilines is 1. The van der Waals surface area contributed by atoms with Gasteiger partial charge in [-0.2, -0.15) is 15.0 Å². The van der Waals surface area contributed by atoms with Crippen molar-refractivity contribution in [2.45, 2.75) is 19.2 Å². The minimum absolute atomic E-state index is 0.218. The number of halogens is 1. The van der Waals surface area contributed by atoms with Crippen molar-refractivity contribution in [3.8, 4) is 17.6 Å². The second-order valence-corrected chi connectivity index (χ2v) is 6.34. The maximum atomic E-state index is 12.0. The van der Waals surface area contributed by atoms with Gasteiger partial charge in [0, 0.05) is 5.39 Å². The van der Waals surface area contributed by atoms with Crippen LogP contribution in [0.25, 0.3) is 16.7 Å². The maximum Gasteiger partial charge on any atom is 0.243 e. The number of nitriles is 1. The van der Waals surface area contributed by atoms with Gasteiger partial charge >= 0.3 is 0 Å². The average molecular weight is 370 g/mol. The summed E-state index contributed by atoms with van der Waals surface area (Å²) in [4.78, 5) is 16.6. The van der Waals surface area contributed by atoms with E-state index in [1.807, 2.05) is 37.3 Å². The number of pyridine rings is 1. The van der Waals surface area contributed by atoms with Gasteiger partial charge in [0.1, 0.15) is 28.3 Å². The minimum atomic E-state index is -0.753. The maximum absolute atomic E-state index is 12.0. The predicted octanol–water partition coefficient (Wildman–Crippen LogP) is 3.18. The van der Waals surface area contributed by atoms with Gasteiger partial charge in [0.2, 0.25) is 5.91 Å². The van der Waals surface area contributed by atoms with Crippen LogP contribution in [0.5, 0.6) is 5.75 Å². The molecule has 3 rings (SSSR count). The number of rotatable bonds is 4. The molecule has 0 spiro atoms. The molecule has 3 aromatic rings. The van der Waals surface area contributed by atoms with Crippen LogP contribution >= 0.6 is 11.6 Å². The fraction of sp³-hybridized carbons (Fsp3) is 0.222. The molecule has 0 saturated heterocycles. The van der Waals surface area contributed by atoms with Crippen molar-refractivity contribution in [3.63, 3.8) is 0 Å². The third-order valence-corrected chi connectivity index (χ3v) is 4.12. The van der Waals surface area contributed by atoms with E-state index in [-0.39, 0.29) is 11.4 Å².